The monoisotopic (exact) mass is 347 g/mol. The lowest BCUT2D eigenvalue weighted by molar-refractivity contribution is -0.157. The number of β-amino-alcohol motifs (C(OH)–C–C–N with tert-alkyl or cyclic N) is 1. The molecule has 1 saturated heterocycles. The Balaban J connectivity index is 1.89. The predicted molar refractivity (Wildman–Crippen MR) is 96.8 cm³/mol. The largest absolute Gasteiger partial charge is 0.379 e. The summed E-state index contributed by atoms with van der Waals surface area (Å²) in [4.78, 5) is 25.8. The average molecular weight is 347 g/mol. The molecule has 1 unspecified atom stereocenters. The number of rotatable bonds is 8. The minimum absolute atomic E-state index is 0.0248. The van der Waals surface area contributed by atoms with Crippen molar-refractivity contribution in [3.05, 3.63) is 35.9 Å². The summed E-state index contributed by atoms with van der Waals surface area (Å²) in [5.41, 5.74) is 4.14. The van der Waals surface area contributed by atoms with Crippen LogP contribution in [0.2, 0.25) is 0 Å². The molecule has 1 aromatic rings. The summed E-state index contributed by atoms with van der Waals surface area (Å²) >= 11 is 0. The summed E-state index contributed by atoms with van der Waals surface area (Å²) in [6.07, 6.45) is 2.89. The van der Waals surface area contributed by atoms with Crippen molar-refractivity contribution in [2.45, 2.75) is 50.7 Å². The van der Waals surface area contributed by atoms with Gasteiger partial charge in [-0.25, -0.2) is 0 Å². The third-order valence-electron chi connectivity index (χ3n) is 4.88. The summed E-state index contributed by atoms with van der Waals surface area (Å²) in [6, 6.07) is 10.1. The molecular formula is C19H29N3O3. The van der Waals surface area contributed by atoms with Crippen molar-refractivity contribution >= 4 is 11.8 Å². The number of hydrogen-bond donors (Lipinski definition) is 3. The number of nitrogens with two attached hydrogens (primary N) is 1. The number of carbonyl (C=O) groups excluding carboxylic acids is 2. The maximum Gasteiger partial charge on any atom is 0.255 e. The minimum Gasteiger partial charge on any atom is -0.379 e. The lowest BCUT2D eigenvalue weighted by Gasteiger charge is -2.39. The molecule has 0 radical (unpaired) electrons. The van der Waals surface area contributed by atoms with Crippen molar-refractivity contribution in [2.24, 2.45) is 5.73 Å². The third-order valence-corrected chi connectivity index (χ3v) is 4.88. The van der Waals surface area contributed by atoms with Gasteiger partial charge in [0.15, 0.2) is 5.60 Å². The topological polar surface area (TPSA) is 95.7 Å². The number of likely N-dealkylation sites (tertiary alicyclic amines) is 1. The van der Waals surface area contributed by atoms with Crippen LogP contribution in [-0.2, 0) is 16.0 Å². The second kappa shape index (κ2) is 7.97. The van der Waals surface area contributed by atoms with Gasteiger partial charge in [0.1, 0.15) is 0 Å². The number of aryl methyl sites for hydroxylation is 1. The first-order chi connectivity index (χ1) is 11.7. The van der Waals surface area contributed by atoms with Gasteiger partial charge in [-0.1, -0.05) is 30.3 Å². The van der Waals surface area contributed by atoms with E-state index in [1.165, 1.54) is 5.56 Å². The summed E-state index contributed by atoms with van der Waals surface area (Å²) in [7, 11) is 0. The highest BCUT2D eigenvalue weighted by Crippen LogP contribution is 2.23. The lowest BCUT2D eigenvalue weighted by atomic mass is 9.90. The molecule has 1 aliphatic heterocycles. The maximum atomic E-state index is 12.7. The van der Waals surface area contributed by atoms with Crippen LogP contribution in [0, 0.1) is 0 Å². The third kappa shape index (κ3) is 5.03. The molecule has 2 rings (SSSR count). The molecule has 0 aliphatic carbocycles. The first-order valence-corrected chi connectivity index (χ1v) is 8.85. The molecule has 0 saturated carbocycles. The number of benzene rings is 1. The Hall–Kier alpha value is -1.92. The summed E-state index contributed by atoms with van der Waals surface area (Å²) in [5.74, 6) is -0.779. The van der Waals surface area contributed by atoms with Crippen LogP contribution in [0.1, 0.15) is 38.7 Å². The van der Waals surface area contributed by atoms with Gasteiger partial charge in [-0.05, 0) is 45.1 Å². The quantitative estimate of drug-likeness (QED) is 0.649. The molecule has 1 fully saturated rings. The Labute approximate surface area is 149 Å². The molecule has 1 heterocycles. The minimum atomic E-state index is -1.47. The van der Waals surface area contributed by atoms with Crippen molar-refractivity contribution in [2.75, 3.05) is 19.6 Å². The van der Waals surface area contributed by atoms with E-state index in [1.807, 2.05) is 18.2 Å². The van der Waals surface area contributed by atoms with Crippen LogP contribution in [0.25, 0.3) is 0 Å². The molecule has 1 atom stereocenters. The molecule has 0 spiro atoms. The summed E-state index contributed by atoms with van der Waals surface area (Å²) in [5, 5.41) is 13.7. The fraction of sp³-hybridized carbons (Fsp3) is 0.579. The molecule has 1 aliphatic rings. The van der Waals surface area contributed by atoms with Crippen LogP contribution in [0.5, 0.6) is 0 Å². The van der Waals surface area contributed by atoms with E-state index in [1.54, 1.807) is 18.7 Å². The number of hydrogen-bond acceptors (Lipinski definition) is 4. The molecule has 2 amide bonds. The smallest absolute Gasteiger partial charge is 0.255 e. The molecule has 0 aromatic heterocycles. The number of nitrogens with zero attached hydrogens (tertiary/aromatic N) is 1. The van der Waals surface area contributed by atoms with Gasteiger partial charge in [0.25, 0.3) is 5.91 Å². The van der Waals surface area contributed by atoms with Crippen molar-refractivity contribution in [1.82, 2.24) is 10.2 Å². The first kappa shape index (κ1) is 19.4. The van der Waals surface area contributed by atoms with Crippen molar-refractivity contribution in [3.8, 4) is 0 Å². The Kier molecular flexibility index (Phi) is 6.19. The Morgan fingerprint density at radius 3 is 2.68 bits per heavy atom. The van der Waals surface area contributed by atoms with Gasteiger partial charge in [0, 0.05) is 19.6 Å². The molecule has 25 heavy (non-hydrogen) atoms. The molecular weight excluding hydrogens is 318 g/mol. The van der Waals surface area contributed by atoms with E-state index in [0.717, 1.165) is 19.3 Å². The van der Waals surface area contributed by atoms with E-state index >= 15 is 0 Å². The SMILES string of the molecule is CC(C)(NCC1(O)CCCN(CCCc2ccccc2)C1=O)C(N)=O. The first-order valence-electron chi connectivity index (χ1n) is 8.85. The van der Waals surface area contributed by atoms with Crippen molar-refractivity contribution < 1.29 is 14.7 Å². The van der Waals surface area contributed by atoms with E-state index < -0.39 is 17.0 Å². The highest BCUT2D eigenvalue weighted by molar-refractivity contribution is 5.87. The van der Waals surface area contributed by atoms with Gasteiger partial charge in [-0.3, -0.25) is 9.59 Å². The Morgan fingerprint density at radius 2 is 2.04 bits per heavy atom. The van der Waals surface area contributed by atoms with Gasteiger partial charge >= 0.3 is 0 Å². The number of piperidine rings is 1. The Morgan fingerprint density at radius 1 is 1.36 bits per heavy atom. The highest BCUT2D eigenvalue weighted by Gasteiger charge is 2.43. The van der Waals surface area contributed by atoms with Gasteiger partial charge < -0.3 is 21.1 Å². The standard InChI is InChI=1S/C19H29N3O3/c1-18(2,16(20)23)21-14-19(25)11-7-13-22(17(19)24)12-6-10-15-8-4-3-5-9-15/h3-5,8-9,21,25H,6-7,10-14H2,1-2H3,(H2,20,23). The summed E-state index contributed by atoms with van der Waals surface area (Å²) < 4.78 is 0. The highest BCUT2D eigenvalue weighted by atomic mass is 16.3. The van der Waals surface area contributed by atoms with Crippen LogP contribution < -0.4 is 11.1 Å². The normalized spacial score (nSPS) is 21.4. The van der Waals surface area contributed by atoms with E-state index in [2.05, 4.69) is 17.4 Å². The lowest BCUT2D eigenvalue weighted by Crippen LogP contribution is -2.62. The zero-order valence-electron chi connectivity index (χ0n) is 15.1. The number of nitrogens with one attached hydrogen (secondary N) is 1. The molecule has 6 nitrogen and oxygen atoms in total. The van der Waals surface area contributed by atoms with Crippen LogP contribution in [-0.4, -0.2) is 52.6 Å². The number of aliphatic hydroxyl groups is 1. The molecule has 1 aromatic carbocycles. The van der Waals surface area contributed by atoms with Gasteiger partial charge in [0.05, 0.1) is 5.54 Å². The van der Waals surface area contributed by atoms with E-state index in [9.17, 15) is 14.7 Å². The summed E-state index contributed by atoms with van der Waals surface area (Å²) in [6.45, 7) is 4.59. The van der Waals surface area contributed by atoms with E-state index in [0.29, 0.717) is 19.5 Å². The average Bonchev–Trinajstić information content (AvgIpc) is 2.58. The second-order valence-corrected chi connectivity index (χ2v) is 7.36. The van der Waals surface area contributed by atoms with Crippen LogP contribution >= 0.6 is 0 Å². The van der Waals surface area contributed by atoms with Gasteiger partial charge in [0.2, 0.25) is 5.91 Å². The zero-order valence-corrected chi connectivity index (χ0v) is 15.1. The van der Waals surface area contributed by atoms with Crippen LogP contribution in [0.4, 0.5) is 0 Å². The molecule has 4 N–H and O–H groups in total. The number of carbonyl (C=O) groups is 2. The maximum absolute atomic E-state index is 12.7. The number of amides is 2. The predicted octanol–water partition coefficient (Wildman–Crippen LogP) is 0.826. The molecule has 138 valence electrons. The van der Waals surface area contributed by atoms with Gasteiger partial charge in [-0.15, -0.1) is 0 Å². The van der Waals surface area contributed by atoms with Gasteiger partial charge in [-0.2, -0.15) is 0 Å². The van der Waals surface area contributed by atoms with E-state index in [-0.39, 0.29) is 12.5 Å². The molecule has 6 heteroatoms. The van der Waals surface area contributed by atoms with Crippen molar-refractivity contribution in [1.29, 1.82) is 0 Å². The fourth-order valence-corrected chi connectivity index (χ4v) is 3.02. The fourth-order valence-electron chi connectivity index (χ4n) is 3.02. The zero-order chi connectivity index (χ0) is 18.5. The van der Waals surface area contributed by atoms with E-state index in [4.69, 9.17) is 5.73 Å². The van der Waals surface area contributed by atoms with Crippen LogP contribution in [0.15, 0.2) is 30.3 Å². The molecule has 0 bridgehead atoms. The second-order valence-electron chi connectivity index (χ2n) is 7.36. The Bertz CT molecular complexity index is 603. The van der Waals surface area contributed by atoms with Crippen molar-refractivity contribution in [3.63, 3.8) is 0 Å². The number of primary amides is 1. The van der Waals surface area contributed by atoms with Crippen LogP contribution in [0.3, 0.4) is 0 Å².